The summed E-state index contributed by atoms with van der Waals surface area (Å²) in [5, 5.41) is 4.58. The Kier molecular flexibility index (Phi) is 4.56. The normalized spacial score (nSPS) is 15.5. The summed E-state index contributed by atoms with van der Waals surface area (Å²) in [7, 11) is 0. The summed E-state index contributed by atoms with van der Waals surface area (Å²) in [5.41, 5.74) is 3.36. The molecule has 2 aromatic rings. The second kappa shape index (κ2) is 6.77. The summed E-state index contributed by atoms with van der Waals surface area (Å²) in [6, 6.07) is 0. The van der Waals surface area contributed by atoms with Crippen LogP contribution < -0.4 is 10.2 Å². The topological polar surface area (TPSA) is 89.5 Å². The maximum Gasteiger partial charge on any atom is 0.427 e. The minimum atomic E-state index is -0.567. The molecule has 9 heteroatoms. The lowest BCUT2D eigenvalue weighted by Gasteiger charge is -2.26. The van der Waals surface area contributed by atoms with E-state index >= 15 is 0 Å². The van der Waals surface area contributed by atoms with Gasteiger partial charge in [0.25, 0.3) is 0 Å². The average Bonchev–Trinajstić information content (AvgIpc) is 2.95. The van der Waals surface area contributed by atoms with Crippen molar-refractivity contribution in [1.29, 1.82) is 0 Å². The first-order valence-electron chi connectivity index (χ1n) is 6.76. The molecule has 0 spiro atoms. The van der Waals surface area contributed by atoms with E-state index in [0.29, 0.717) is 37.8 Å². The summed E-state index contributed by atoms with van der Waals surface area (Å²) in [6.45, 7) is 4.36. The van der Waals surface area contributed by atoms with Crippen molar-refractivity contribution in [3.8, 4) is 17.3 Å². The number of rotatable bonds is 3. The Hall–Kier alpha value is -2.10. The van der Waals surface area contributed by atoms with E-state index in [9.17, 15) is 4.79 Å². The van der Waals surface area contributed by atoms with Crippen LogP contribution in [0.15, 0.2) is 17.8 Å². The standard InChI is InChI=1S/C13H15N5O3S/c1-9-16-11(8-22-9)12-14-6-10(7-15-12)21-13(19)17-18-2-4-20-5-3-18/h6-8H,2-5H2,1H3,(H,17,19). The van der Waals surface area contributed by atoms with Crippen molar-refractivity contribution in [3.05, 3.63) is 22.8 Å². The highest BCUT2D eigenvalue weighted by Gasteiger charge is 2.14. The Labute approximate surface area is 131 Å². The molecule has 3 rings (SSSR count). The first-order chi connectivity index (χ1) is 10.7. The SMILES string of the molecule is Cc1nc(-c2ncc(OC(=O)NN3CCOCC3)cn2)cs1. The summed E-state index contributed by atoms with van der Waals surface area (Å²) in [4.78, 5) is 24.4. The predicted molar refractivity (Wildman–Crippen MR) is 79.4 cm³/mol. The summed E-state index contributed by atoms with van der Waals surface area (Å²) in [5.74, 6) is 0.784. The number of hydrogen-bond acceptors (Lipinski definition) is 8. The molecule has 1 saturated heterocycles. The fourth-order valence-electron chi connectivity index (χ4n) is 1.90. The van der Waals surface area contributed by atoms with Gasteiger partial charge in [-0.25, -0.2) is 24.8 Å². The van der Waals surface area contributed by atoms with Crippen LogP contribution in [0.3, 0.4) is 0 Å². The van der Waals surface area contributed by atoms with Gasteiger partial charge >= 0.3 is 6.09 Å². The molecule has 2 aromatic heterocycles. The molecule has 22 heavy (non-hydrogen) atoms. The second-order valence-corrected chi connectivity index (χ2v) is 5.66. The van der Waals surface area contributed by atoms with Crippen molar-refractivity contribution in [2.45, 2.75) is 6.92 Å². The number of ether oxygens (including phenoxy) is 2. The zero-order chi connectivity index (χ0) is 15.4. The van der Waals surface area contributed by atoms with Crippen LogP contribution in [0.5, 0.6) is 5.75 Å². The number of aryl methyl sites for hydroxylation is 1. The van der Waals surface area contributed by atoms with E-state index in [4.69, 9.17) is 9.47 Å². The number of thiazole rings is 1. The number of morpholine rings is 1. The van der Waals surface area contributed by atoms with Gasteiger partial charge in [0.1, 0.15) is 5.69 Å². The number of carbonyl (C=O) groups excluding carboxylic acids is 1. The van der Waals surface area contributed by atoms with Crippen LogP contribution in [0.4, 0.5) is 4.79 Å². The second-order valence-electron chi connectivity index (χ2n) is 4.59. The van der Waals surface area contributed by atoms with Gasteiger partial charge in [-0.05, 0) is 6.92 Å². The molecule has 1 amide bonds. The molecule has 0 saturated carbocycles. The molecular weight excluding hydrogens is 306 g/mol. The van der Waals surface area contributed by atoms with Crippen molar-refractivity contribution < 1.29 is 14.3 Å². The minimum absolute atomic E-state index is 0.279. The molecule has 116 valence electrons. The number of carbonyl (C=O) groups is 1. The molecular formula is C13H15N5O3S. The van der Waals surface area contributed by atoms with Crippen molar-refractivity contribution in [2.75, 3.05) is 26.3 Å². The number of nitrogens with zero attached hydrogens (tertiary/aromatic N) is 4. The molecule has 0 unspecified atom stereocenters. The van der Waals surface area contributed by atoms with Gasteiger partial charge in [0.15, 0.2) is 11.6 Å². The van der Waals surface area contributed by atoms with Gasteiger partial charge in [0.2, 0.25) is 0 Å². The average molecular weight is 321 g/mol. The van der Waals surface area contributed by atoms with Crippen LogP contribution in [0.2, 0.25) is 0 Å². The van der Waals surface area contributed by atoms with Crippen LogP contribution in [0.1, 0.15) is 5.01 Å². The van der Waals surface area contributed by atoms with Crippen LogP contribution in [0, 0.1) is 6.92 Å². The van der Waals surface area contributed by atoms with E-state index in [0.717, 1.165) is 5.01 Å². The summed E-state index contributed by atoms with van der Waals surface area (Å²) < 4.78 is 10.3. The maximum atomic E-state index is 11.8. The first-order valence-corrected chi connectivity index (χ1v) is 7.64. The first kappa shape index (κ1) is 14.8. The monoisotopic (exact) mass is 321 g/mol. The third kappa shape index (κ3) is 3.75. The minimum Gasteiger partial charge on any atom is -0.406 e. The van der Waals surface area contributed by atoms with Crippen molar-refractivity contribution in [1.82, 2.24) is 25.4 Å². The lowest BCUT2D eigenvalue weighted by Crippen LogP contribution is -2.49. The Morgan fingerprint density at radius 3 is 2.73 bits per heavy atom. The fraction of sp³-hybridized carbons (Fsp3) is 0.385. The van der Waals surface area contributed by atoms with E-state index < -0.39 is 6.09 Å². The molecule has 0 aliphatic carbocycles. The molecule has 1 aliphatic rings. The number of nitrogens with one attached hydrogen (secondary N) is 1. The molecule has 0 radical (unpaired) electrons. The molecule has 1 N–H and O–H groups in total. The van der Waals surface area contributed by atoms with Gasteiger partial charge in [-0.15, -0.1) is 11.3 Å². The van der Waals surface area contributed by atoms with Crippen LogP contribution >= 0.6 is 11.3 Å². The Balaban J connectivity index is 1.57. The molecule has 8 nitrogen and oxygen atoms in total. The number of hydrazine groups is 1. The van der Waals surface area contributed by atoms with E-state index in [1.165, 1.54) is 23.7 Å². The van der Waals surface area contributed by atoms with Crippen molar-refractivity contribution in [2.24, 2.45) is 0 Å². The van der Waals surface area contributed by atoms with Gasteiger partial charge in [-0.2, -0.15) is 0 Å². The summed E-state index contributed by atoms with van der Waals surface area (Å²) >= 11 is 1.53. The third-order valence-electron chi connectivity index (χ3n) is 2.95. The van der Waals surface area contributed by atoms with Crippen LogP contribution in [-0.4, -0.2) is 52.4 Å². The zero-order valence-corrected chi connectivity index (χ0v) is 12.8. The lowest BCUT2D eigenvalue weighted by atomic mass is 10.4. The quantitative estimate of drug-likeness (QED) is 0.909. The molecule has 1 fully saturated rings. The van der Waals surface area contributed by atoms with Crippen LogP contribution in [-0.2, 0) is 4.74 Å². The Bertz CT molecular complexity index is 639. The van der Waals surface area contributed by atoms with Gasteiger partial charge in [0, 0.05) is 18.5 Å². The Morgan fingerprint density at radius 2 is 2.09 bits per heavy atom. The highest BCUT2D eigenvalue weighted by Crippen LogP contribution is 2.18. The molecule has 0 aromatic carbocycles. The number of aromatic nitrogens is 3. The van der Waals surface area contributed by atoms with Gasteiger partial charge in [0.05, 0.1) is 30.6 Å². The maximum absolute atomic E-state index is 11.8. The van der Waals surface area contributed by atoms with Gasteiger partial charge in [-0.1, -0.05) is 0 Å². The van der Waals surface area contributed by atoms with E-state index in [2.05, 4.69) is 20.4 Å². The van der Waals surface area contributed by atoms with Gasteiger partial charge < -0.3 is 9.47 Å². The number of amides is 1. The molecule has 0 atom stereocenters. The third-order valence-corrected chi connectivity index (χ3v) is 3.72. The molecule has 3 heterocycles. The van der Waals surface area contributed by atoms with Crippen molar-refractivity contribution in [3.63, 3.8) is 0 Å². The highest BCUT2D eigenvalue weighted by atomic mass is 32.1. The Morgan fingerprint density at radius 1 is 1.36 bits per heavy atom. The van der Waals surface area contributed by atoms with E-state index in [1.54, 1.807) is 5.01 Å². The van der Waals surface area contributed by atoms with Crippen molar-refractivity contribution >= 4 is 17.4 Å². The number of hydrogen-bond donors (Lipinski definition) is 1. The van der Waals surface area contributed by atoms with E-state index in [1.807, 2.05) is 12.3 Å². The van der Waals surface area contributed by atoms with E-state index in [-0.39, 0.29) is 5.75 Å². The molecule has 1 aliphatic heterocycles. The van der Waals surface area contributed by atoms with Gasteiger partial charge in [-0.3, -0.25) is 5.43 Å². The summed E-state index contributed by atoms with van der Waals surface area (Å²) in [6.07, 6.45) is 2.34. The van der Waals surface area contributed by atoms with Crippen LogP contribution in [0.25, 0.3) is 11.5 Å². The lowest BCUT2D eigenvalue weighted by molar-refractivity contribution is 0.0153. The zero-order valence-electron chi connectivity index (χ0n) is 12.0. The highest BCUT2D eigenvalue weighted by molar-refractivity contribution is 7.09. The molecule has 0 bridgehead atoms. The smallest absolute Gasteiger partial charge is 0.406 e. The largest absolute Gasteiger partial charge is 0.427 e. The predicted octanol–water partition coefficient (Wildman–Crippen LogP) is 1.24. The fourth-order valence-corrected chi connectivity index (χ4v) is 2.49.